The van der Waals surface area contributed by atoms with Crippen LogP contribution < -0.4 is 4.90 Å². The quantitative estimate of drug-likeness (QED) is 0.595. The largest absolute Gasteiger partial charge is 0.368 e. The second-order valence-electron chi connectivity index (χ2n) is 7.33. The molecule has 8 heteroatoms. The number of anilines is 1. The van der Waals surface area contributed by atoms with Crippen LogP contribution in [0.25, 0.3) is 17.3 Å². The lowest BCUT2D eigenvalue weighted by atomic mass is 10.1. The predicted octanol–water partition coefficient (Wildman–Crippen LogP) is 4.52. The lowest BCUT2D eigenvalue weighted by Crippen LogP contribution is -2.47. The first-order valence-electron chi connectivity index (χ1n) is 10.0. The molecule has 0 unspecified atom stereocenters. The molecule has 0 bridgehead atoms. The normalized spacial score (nSPS) is 18.0. The van der Waals surface area contributed by atoms with E-state index in [1.165, 1.54) is 11.8 Å². The van der Waals surface area contributed by atoms with Crippen molar-refractivity contribution in [2.75, 3.05) is 31.1 Å². The first kappa shape index (κ1) is 19.9. The van der Waals surface area contributed by atoms with E-state index in [1.54, 1.807) is 6.20 Å². The summed E-state index contributed by atoms with van der Waals surface area (Å²) in [4.78, 5) is 22.0. The number of hydrogen-bond acceptors (Lipinski definition) is 5. The number of benzene rings is 2. The van der Waals surface area contributed by atoms with Crippen LogP contribution in [0.15, 0.2) is 70.7 Å². The highest BCUT2D eigenvalue weighted by Gasteiger charge is 2.29. The van der Waals surface area contributed by atoms with Gasteiger partial charge in [-0.1, -0.05) is 48.0 Å². The first-order valence-corrected chi connectivity index (χ1v) is 11.2. The number of H-pyrrole nitrogens is 1. The molecule has 1 saturated heterocycles. The van der Waals surface area contributed by atoms with Gasteiger partial charge in [0.1, 0.15) is 0 Å². The molecule has 1 N–H and O–H groups in total. The van der Waals surface area contributed by atoms with Gasteiger partial charge in [0, 0.05) is 48.0 Å². The van der Waals surface area contributed by atoms with Crippen LogP contribution in [-0.2, 0) is 4.79 Å². The first-order chi connectivity index (χ1) is 15.2. The van der Waals surface area contributed by atoms with E-state index in [2.05, 4.69) is 31.1 Å². The van der Waals surface area contributed by atoms with Gasteiger partial charge in [-0.05, 0) is 36.0 Å². The minimum Gasteiger partial charge on any atom is -0.368 e. The fourth-order valence-corrected chi connectivity index (χ4v) is 4.88. The zero-order chi connectivity index (χ0) is 21.2. The molecule has 3 heterocycles. The smallest absolute Gasteiger partial charge is 0.286 e. The Morgan fingerprint density at radius 2 is 1.77 bits per heavy atom. The molecule has 0 aliphatic carbocycles. The second kappa shape index (κ2) is 8.61. The van der Waals surface area contributed by atoms with Crippen LogP contribution in [0.2, 0.25) is 5.02 Å². The van der Waals surface area contributed by atoms with E-state index in [4.69, 9.17) is 11.6 Å². The van der Waals surface area contributed by atoms with Crippen LogP contribution in [0.4, 0.5) is 5.69 Å². The summed E-state index contributed by atoms with van der Waals surface area (Å²) in [5, 5.41) is 8.71. The number of thioether (sulfide) groups is 1. The number of amidine groups is 1. The van der Waals surface area contributed by atoms with Gasteiger partial charge in [0.25, 0.3) is 5.91 Å². The number of aromatic nitrogens is 2. The SMILES string of the molecule is O=C1N=C(N2CCN(c3cccc(Cl)c3)CC2)S/C1=C\c1cn[nH]c1-c1ccccc1. The van der Waals surface area contributed by atoms with E-state index in [-0.39, 0.29) is 5.91 Å². The third-order valence-electron chi connectivity index (χ3n) is 5.35. The molecule has 1 fully saturated rings. The number of nitrogens with one attached hydrogen (secondary N) is 1. The highest BCUT2D eigenvalue weighted by Crippen LogP contribution is 2.33. The topological polar surface area (TPSA) is 64.6 Å². The van der Waals surface area contributed by atoms with Gasteiger partial charge in [-0.15, -0.1) is 0 Å². The monoisotopic (exact) mass is 449 g/mol. The molecule has 2 aliphatic rings. The Bertz CT molecular complexity index is 1170. The molecule has 1 amide bonds. The van der Waals surface area contributed by atoms with Gasteiger partial charge in [-0.3, -0.25) is 9.89 Å². The Hall–Kier alpha value is -3.03. The van der Waals surface area contributed by atoms with Crippen molar-refractivity contribution in [1.82, 2.24) is 15.1 Å². The average Bonchev–Trinajstić information content (AvgIpc) is 3.41. The second-order valence-corrected chi connectivity index (χ2v) is 8.78. The standard InChI is InChI=1S/C23H20ClN5OS/c24-18-7-4-8-19(14-18)28-9-11-29(12-10-28)23-26-22(30)20(31-23)13-17-15-25-27-21(17)16-5-2-1-3-6-16/h1-8,13-15H,9-12H2,(H,25,27)/b20-13-. The van der Waals surface area contributed by atoms with E-state index in [9.17, 15) is 4.79 Å². The molecule has 3 aromatic rings. The molecule has 2 aliphatic heterocycles. The van der Waals surface area contributed by atoms with E-state index in [0.29, 0.717) is 4.91 Å². The van der Waals surface area contributed by atoms with Crippen molar-refractivity contribution in [3.05, 3.63) is 76.3 Å². The lowest BCUT2D eigenvalue weighted by Gasteiger charge is -2.36. The van der Waals surface area contributed by atoms with Crippen molar-refractivity contribution in [3.8, 4) is 11.3 Å². The van der Waals surface area contributed by atoms with Crippen LogP contribution in [0, 0.1) is 0 Å². The Kier molecular flexibility index (Phi) is 5.53. The Balaban J connectivity index is 1.27. The predicted molar refractivity (Wildman–Crippen MR) is 127 cm³/mol. The van der Waals surface area contributed by atoms with Crippen molar-refractivity contribution >= 4 is 46.2 Å². The van der Waals surface area contributed by atoms with Crippen LogP contribution in [0.5, 0.6) is 0 Å². The number of nitrogens with zero attached hydrogens (tertiary/aromatic N) is 4. The average molecular weight is 450 g/mol. The number of piperazine rings is 1. The third-order valence-corrected chi connectivity index (χ3v) is 6.63. The summed E-state index contributed by atoms with van der Waals surface area (Å²) < 4.78 is 0. The van der Waals surface area contributed by atoms with Gasteiger partial charge < -0.3 is 9.80 Å². The van der Waals surface area contributed by atoms with Crippen LogP contribution in [-0.4, -0.2) is 52.4 Å². The molecule has 1 aromatic heterocycles. The van der Waals surface area contributed by atoms with E-state index >= 15 is 0 Å². The number of aromatic amines is 1. The van der Waals surface area contributed by atoms with Crippen LogP contribution in [0.1, 0.15) is 5.56 Å². The van der Waals surface area contributed by atoms with Gasteiger partial charge in [0.15, 0.2) is 5.17 Å². The molecule has 2 aromatic carbocycles. The highest BCUT2D eigenvalue weighted by atomic mass is 35.5. The third kappa shape index (κ3) is 4.24. The van der Waals surface area contributed by atoms with Gasteiger partial charge in [0.2, 0.25) is 0 Å². The maximum Gasteiger partial charge on any atom is 0.286 e. The number of hydrogen-bond donors (Lipinski definition) is 1. The summed E-state index contributed by atoms with van der Waals surface area (Å²) in [7, 11) is 0. The fraction of sp³-hybridized carbons (Fsp3) is 0.174. The highest BCUT2D eigenvalue weighted by molar-refractivity contribution is 8.18. The van der Waals surface area contributed by atoms with Crippen molar-refractivity contribution < 1.29 is 4.79 Å². The molecule has 0 atom stereocenters. The molecule has 156 valence electrons. The van der Waals surface area contributed by atoms with E-state index in [0.717, 1.165) is 58.9 Å². The number of carbonyl (C=O) groups is 1. The van der Waals surface area contributed by atoms with Gasteiger partial charge in [-0.25, -0.2) is 0 Å². The molecular formula is C23H20ClN5OS. The van der Waals surface area contributed by atoms with Crippen molar-refractivity contribution in [2.45, 2.75) is 0 Å². The lowest BCUT2D eigenvalue weighted by molar-refractivity contribution is -0.113. The molecule has 0 radical (unpaired) electrons. The number of amides is 1. The minimum absolute atomic E-state index is 0.197. The Morgan fingerprint density at radius 3 is 2.55 bits per heavy atom. The maximum absolute atomic E-state index is 12.6. The number of rotatable bonds is 3. The summed E-state index contributed by atoms with van der Waals surface area (Å²) in [6, 6.07) is 17.9. The van der Waals surface area contributed by atoms with Crippen molar-refractivity contribution in [1.29, 1.82) is 0 Å². The number of halogens is 1. The molecule has 0 spiro atoms. The molecule has 0 saturated carbocycles. The van der Waals surface area contributed by atoms with Crippen LogP contribution in [0.3, 0.4) is 0 Å². The minimum atomic E-state index is -0.197. The zero-order valence-corrected chi connectivity index (χ0v) is 18.2. The Morgan fingerprint density at radius 1 is 1.00 bits per heavy atom. The van der Waals surface area contributed by atoms with E-state index < -0.39 is 0 Å². The van der Waals surface area contributed by atoms with Crippen molar-refractivity contribution in [2.24, 2.45) is 4.99 Å². The molecule has 31 heavy (non-hydrogen) atoms. The summed E-state index contributed by atoms with van der Waals surface area (Å²) in [6.45, 7) is 3.32. The van der Waals surface area contributed by atoms with Gasteiger partial charge >= 0.3 is 0 Å². The summed E-state index contributed by atoms with van der Waals surface area (Å²) >= 11 is 7.56. The van der Waals surface area contributed by atoms with Gasteiger partial charge in [0.05, 0.1) is 16.8 Å². The van der Waals surface area contributed by atoms with E-state index in [1.807, 2.05) is 54.6 Å². The molecule has 5 rings (SSSR count). The number of carbonyl (C=O) groups excluding carboxylic acids is 1. The molecular weight excluding hydrogens is 430 g/mol. The summed E-state index contributed by atoms with van der Waals surface area (Å²) in [5.41, 5.74) is 3.92. The number of aliphatic imine (C=N–C) groups is 1. The zero-order valence-electron chi connectivity index (χ0n) is 16.7. The van der Waals surface area contributed by atoms with Crippen molar-refractivity contribution in [3.63, 3.8) is 0 Å². The maximum atomic E-state index is 12.6. The fourth-order valence-electron chi connectivity index (χ4n) is 3.74. The molecule has 6 nitrogen and oxygen atoms in total. The van der Waals surface area contributed by atoms with Crippen LogP contribution >= 0.6 is 23.4 Å². The summed E-state index contributed by atoms with van der Waals surface area (Å²) in [6.07, 6.45) is 3.61. The Labute approximate surface area is 189 Å². The van der Waals surface area contributed by atoms with Gasteiger partial charge in [-0.2, -0.15) is 10.1 Å². The summed E-state index contributed by atoms with van der Waals surface area (Å²) in [5.74, 6) is -0.197.